The predicted octanol–water partition coefficient (Wildman–Crippen LogP) is 2.85. The Bertz CT molecular complexity index is 358. The van der Waals surface area contributed by atoms with Crippen LogP contribution in [0.1, 0.15) is 25.0 Å². The molecule has 0 radical (unpaired) electrons. The van der Waals surface area contributed by atoms with Crippen LogP contribution in [-0.2, 0) is 16.9 Å². The van der Waals surface area contributed by atoms with E-state index in [-0.39, 0.29) is 10.6 Å². The second-order valence-corrected chi connectivity index (χ2v) is 4.34. The van der Waals surface area contributed by atoms with Crippen LogP contribution in [0.4, 0.5) is 4.39 Å². The molecule has 2 nitrogen and oxygen atoms in total. The fraction of sp³-hybridized carbons (Fsp3) is 0.455. The first-order valence-electron chi connectivity index (χ1n) is 4.56. The lowest BCUT2D eigenvalue weighted by atomic mass is 9.96. The van der Waals surface area contributed by atoms with E-state index in [9.17, 15) is 9.50 Å². The maximum Gasteiger partial charge on any atom is 0.147 e. The Hall–Kier alpha value is -0.640. The number of aliphatic hydroxyl groups is 1. The highest BCUT2D eigenvalue weighted by molar-refractivity contribution is 6.30. The van der Waals surface area contributed by atoms with E-state index < -0.39 is 11.4 Å². The lowest BCUT2D eigenvalue weighted by Crippen LogP contribution is -2.18. The van der Waals surface area contributed by atoms with Crippen molar-refractivity contribution in [3.8, 4) is 0 Å². The van der Waals surface area contributed by atoms with E-state index in [1.54, 1.807) is 13.2 Å². The number of halogens is 2. The summed E-state index contributed by atoms with van der Waals surface area (Å²) < 4.78 is 18.5. The largest absolute Gasteiger partial charge is 0.386 e. The van der Waals surface area contributed by atoms with Gasteiger partial charge in [0.05, 0.1) is 17.2 Å². The summed E-state index contributed by atoms with van der Waals surface area (Å²) >= 11 is 5.72. The monoisotopic (exact) mass is 232 g/mol. The van der Waals surface area contributed by atoms with Crippen molar-refractivity contribution < 1.29 is 14.2 Å². The van der Waals surface area contributed by atoms with Crippen molar-refractivity contribution in [2.24, 2.45) is 0 Å². The summed E-state index contributed by atoms with van der Waals surface area (Å²) in [5.74, 6) is -0.580. The lowest BCUT2D eigenvalue weighted by Gasteiger charge is -2.20. The zero-order chi connectivity index (χ0) is 11.6. The van der Waals surface area contributed by atoms with Crippen LogP contribution in [0.2, 0.25) is 5.02 Å². The highest BCUT2D eigenvalue weighted by atomic mass is 35.5. The van der Waals surface area contributed by atoms with Crippen LogP contribution in [0.25, 0.3) is 0 Å². The second-order valence-electron chi connectivity index (χ2n) is 3.93. The maximum atomic E-state index is 13.6. The van der Waals surface area contributed by atoms with Gasteiger partial charge in [-0.1, -0.05) is 11.6 Å². The minimum atomic E-state index is -1.25. The smallest absolute Gasteiger partial charge is 0.147 e. The predicted molar refractivity (Wildman–Crippen MR) is 57.4 cm³/mol. The van der Waals surface area contributed by atoms with Crippen molar-refractivity contribution in [3.05, 3.63) is 34.1 Å². The van der Waals surface area contributed by atoms with Crippen molar-refractivity contribution >= 4 is 11.6 Å². The van der Waals surface area contributed by atoms with Crippen LogP contribution in [0.3, 0.4) is 0 Å². The van der Waals surface area contributed by atoms with E-state index >= 15 is 0 Å². The van der Waals surface area contributed by atoms with E-state index in [2.05, 4.69) is 0 Å². The van der Waals surface area contributed by atoms with Crippen LogP contribution >= 0.6 is 11.6 Å². The van der Waals surface area contributed by atoms with Crippen molar-refractivity contribution in [2.75, 3.05) is 7.11 Å². The molecule has 0 spiro atoms. The molecule has 1 rings (SSSR count). The summed E-state index contributed by atoms with van der Waals surface area (Å²) in [6.45, 7) is 3.36. The van der Waals surface area contributed by atoms with E-state index in [4.69, 9.17) is 16.3 Å². The van der Waals surface area contributed by atoms with Crippen molar-refractivity contribution in [3.63, 3.8) is 0 Å². The summed E-state index contributed by atoms with van der Waals surface area (Å²) in [4.78, 5) is 0. The number of ether oxygens (including phenoxy) is 1. The van der Waals surface area contributed by atoms with Gasteiger partial charge in [-0.15, -0.1) is 0 Å². The third-order valence-corrected chi connectivity index (χ3v) is 2.33. The van der Waals surface area contributed by atoms with Gasteiger partial charge in [0.2, 0.25) is 0 Å². The van der Waals surface area contributed by atoms with Crippen molar-refractivity contribution in [1.29, 1.82) is 0 Å². The van der Waals surface area contributed by atoms with Gasteiger partial charge < -0.3 is 9.84 Å². The molecule has 0 unspecified atom stereocenters. The van der Waals surface area contributed by atoms with Crippen molar-refractivity contribution in [1.82, 2.24) is 0 Å². The van der Waals surface area contributed by atoms with Gasteiger partial charge in [-0.3, -0.25) is 0 Å². The fourth-order valence-corrected chi connectivity index (χ4v) is 1.58. The summed E-state index contributed by atoms with van der Waals surface area (Å²) in [6, 6.07) is 3.06. The first-order valence-corrected chi connectivity index (χ1v) is 4.93. The normalized spacial score (nSPS) is 11.9. The van der Waals surface area contributed by atoms with Gasteiger partial charge in [-0.05, 0) is 31.5 Å². The highest BCUT2D eigenvalue weighted by Gasteiger charge is 2.23. The third-order valence-electron chi connectivity index (χ3n) is 2.06. The summed E-state index contributed by atoms with van der Waals surface area (Å²) in [7, 11) is 1.54. The van der Waals surface area contributed by atoms with Gasteiger partial charge in [-0.25, -0.2) is 4.39 Å². The molecule has 4 heteroatoms. The molecule has 1 N–H and O–H groups in total. The molecule has 1 aromatic rings. The summed E-state index contributed by atoms with van der Waals surface area (Å²) in [6.07, 6.45) is 0. The molecule has 0 fully saturated rings. The molecule has 0 bridgehead atoms. The Labute approximate surface area is 93.6 Å². The quantitative estimate of drug-likeness (QED) is 0.869. The van der Waals surface area contributed by atoms with Gasteiger partial charge in [0.1, 0.15) is 5.82 Å². The first kappa shape index (κ1) is 12.4. The Kier molecular flexibility index (Phi) is 3.71. The Morgan fingerprint density at radius 3 is 2.53 bits per heavy atom. The lowest BCUT2D eigenvalue weighted by molar-refractivity contribution is 0.0742. The molecule has 0 saturated heterocycles. The number of hydrogen-bond donors (Lipinski definition) is 1. The Morgan fingerprint density at radius 1 is 1.47 bits per heavy atom. The molecule has 0 heterocycles. The Balaban J connectivity index is 3.25. The molecule has 0 aromatic heterocycles. The average molecular weight is 233 g/mol. The molecular weight excluding hydrogens is 219 g/mol. The summed E-state index contributed by atoms with van der Waals surface area (Å²) in [5.41, 5.74) is -0.333. The molecule has 0 aliphatic rings. The van der Waals surface area contributed by atoms with E-state index in [0.29, 0.717) is 6.61 Å². The first-order chi connectivity index (χ1) is 6.86. The molecule has 84 valence electrons. The standard InChI is InChI=1S/C11H14ClFO2/c1-11(2,14)8-4-7(6-15-3)5-9(12)10(8)13/h4-5,14H,6H2,1-3H3. The number of hydrogen-bond acceptors (Lipinski definition) is 2. The molecule has 0 saturated carbocycles. The van der Waals surface area contributed by atoms with Gasteiger partial charge in [0.15, 0.2) is 0 Å². The van der Waals surface area contributed by atoms with Crippen LogP contribution in [0.15, 0.2) is 12.1 Å². The molecule has 0 aliphatic carbocycles. The fourth-order valence-electron chi connectivity index (χ4n) is 1.34. The van der Waals surface area contributed by atoms with Crippen LogP contribution < -0.4 is 0 Å². The Morgan fingerprint density at radius 2 is 2.07 bits per heavy atom. The van der Waals surface area contributed by atoms with E-state index in [1.807, 2.05) is 0 Å². The number of benzene rings is 1. The van der Waals surface area contributed by atoms with Gasteiger partial charge in [0.25, 0.3) is 0 Å². The van der Waals surface area contributed by atoms with Gasteiger partial charge in [0, 0.05) is 12.7 Å². The number of methoxy groups -OCH3 is 1. The van der Waals surface area contributed by atoms with Crippen LogP contribution in [0, 0.1) is 5.82 Å². The van der Waals surface area contributed by atoms with Crippen molar-refractivity contribution in [2.45, 2.75) is 26.1 Å². The van der Waals surface area contributed by atoms with E-state index in [1.165, 1.54) is 19.9 Å². The topological polar surface area (TPSA) is 29.5 Å². The zero-order valence-electron chi connectivity index (χ0n) is 8.97. The number of rotatable bonds is 3. The molecule has 1 aromatic carbocycles. The van der Waals surface area contributed by atoms with Gasteiger partial charge in [-0.2, -0.15) is 0 Å². The second kappa shape index (κ2) is 4.47. The van der Waals surface area contributed by atoms with Crippen LogP contribution in [-0.4, -0.2) is 12.2 Å². The third kappa shape index (κ3) is 2.91. The zero-order valence-corrected chi connectivity index (χ0v) is 9.73. The summed E-state index contributed by atoms with van der Waals surface area (Å²) in [5, 5.41) is 9.75. The molecule has 0 amide bonds. The molecule has 0 aliphatic heterocycles. The molecule has 15 heavy (non-hydrogen) atoms. The van der Waals surface area contributed by atoms with E-state index in [0.717, 1.165) is 5.56 Å². The minimum Gasteiger partial charge on any atom is -0.386 e. The molecule has 0 atom stereocenters. The minimum absolute atomic E-state index is 0.00155. The van der Waals surface area contributed by atoms with Crippen LogP contribution in [0.5, 0.6) is 0 Å². The van der Waals surface area contributed by atoms with Gasteiger partial charge >= 0.3 is 0 Å². The SMILES string of the molecule is COCc1cc(Cl)c(F)c(C(C)(C)O)c1. The highest BCUT2D eigenvalue weighted by Crippen LogP contribution is 2.29. The maximum absolute atomic E-state index is 13.6. The average Bonchev–Trinajstić information content (AvgIpc) is 2.09. The molecular formula is C11H14ClFO2.